The van der Waals surface area contributed by atoms with Gasteiger partial charge in [-0.2, -0.15) is 0 Å². The molecule has 0 unspecified atom stereocenters. The molecule has 0 heterocycles. The lowest BCUT2D eigenvalue weighted by Gasteiger charge is -2.03. The van der Waals surface area contributed by atoms with E-state index >= 15 is 0 Å². The zero-order chi connectivity index (χ0) is 12.2. The first-order chi connectivity index (χ1) is 7.66. The number of allylic oxidation sites excluding steroid dienone is 5. The highest BCUT2D eigenvalue weighted by Crippen LogP contribution is 1.93. The fourth-order valence-corrected chi connectivity index (χ4v) is 1.04. The van der Waals surface area contributed by atoms with E-state index in [9.17, 15) is 4.79 Å². The normalized spacial score (nSPS) is 12.2. The second-order valence-electron chi connectivity index (χ2n) is 4.07. The summed E-state index contributed by atoms with van der Waals surface area (Å²) in [5, 5.41) is 2.82. The number of carbonyl (C=O) groups excluding carboxylic acids is 1. The molecule has 0 radical (unpaired) electrons. The van der Waals surface area contributed by atoms with Crippen LogP contribution < -0.4 is 5.32 Å². The molecule has 0 spiro atoms. The summed E-state index contributed by atoms with van der Waals surface area (Å²) in [4.78, 5) is 11.2. The monoisotopic (exact) mass is 221 g/mol. The Morgan fingerprint density at radius 3 is 2.50 bits per heavy atom. The molecule has 0 aromatic carbocycles. The van der Waals surface area contributed by atoms with Crippen molar-refractivity contribution in [2.24, 2.45) is 5.92 Å². The van der Waals surface area contributed by atoms with Gasteiger partial charge in [0.05, 0.1) is 0 Å². The van der Waals surface area contributed by atoms with Crippen molar-refractivity contribution in [2.75, 3.05) is 6.54 Å². The maximum atomic E-state index is 11.2. The van der Waals surface area contributed by atoms with Crippen molar-refractivity contribution >= 4 is 5.91 Å². The Morgan fingerprint density at radius 2 is 1.88 bits per heavy atom. The summed E-state index contributed by atoms with van der Waals surface area (Å²) in [7, 11) is 0. The van der Waals surface area contributed by atoms with Gasteiger partial charge < -0.3 is 5.32 Å². The Balaban J connectivity index is 3.62. The Hall–Kier alpha value is -1.31. The second kappa shape index (κ2) is 10.2. The van der Waals surface area contributed by atoms with Crippen LogP contribution in [0.2, 0.25) is 0 Å². The van der Waals surface area contributed by atoms with Crippen LogP contribution in [0.25, 0.3) is 0 Å². The average Bonchev–Trinajstić information content (AvgIpc) is 2.25. The lowest BCUT2D eigenvalue weighted by atomic mass is 10.2. The Bertz CT molecular complexity index is 262. The molecule has 1 amide bonds. The van der Waals surface area contributed by atoms with Crippen LogP contribution in [0.5, 0.6) is 0 Å². The van der Waals surface area contributed by atoms with Gasteiger partial charge in [-0.1, -0.05) is 44.2 Å². The highest BCUT2D eigenvalue weighted by molar-refractivity contribution is 5.87. The van der Waals surface area contributed by atoms with Gasteiger partial charge in [0.25, 0.3) is 0 Å². The maximum Gasteiger partial charge on any atom is 0.243 e. The second-order valence-corrected chi connectivity index (χ2v) is 4.07. The van der Waals surface area contributed by atoms with E-state index in [1.54, 1.807) is 12.2 Å². The Labute approximate surface area is 99.1 Å². The molecule has 0 atom stereocenters. The van der Waals surface area contributed by atoms with Crippen LogP contribution >= 0.6 is 0 Å². The predicted molar refractivity (Wildman–Crippen MR) is 70.2 cm³/mol. The molecule has 0 aromatic rings. The van der Waals surface area contributed by atoms with Crippen LogP contribution in [-0.2, 0) is 4.79 Å². The maximum absolute atomic E-state index is 11.2. The summed E-state index contributed by atoms with van der Waals surface area (Å²) in [5.41, 5.74) is 0. The van der Waals surface area contributed by atoms with Crippen LogP contribution in [0.4, 0.5) is 0 Å². The smallest absolute Gasteiger partial charge is 0.243 e. The van der Waals surface area contributed by atoms with Gasteiger partial charge in [0, 0.05) is 12.6 Å². The van der Waals surface area contributed by atoms with E-state index in [-0.39, 0.29) is 5.91 Å². The van der Waals surface area contributed by atoms with E-state index in [0.717, 1.165) is 19.4 Å². The van der Waals surface area contributed by atoms with Crippen LogP contribution in [-0.4, -0.2) is 12.5 Å². The number of hydrogen-bond donors (Lipinski definition) is 1. The molecule has 0 aliphatic carbocycles. The van der Waals surface area contributed by atoms with Gasteiger partial charge in [0.1, 0.15) is 0 Å². The molecular formula is C14H23NO. The molecule has 0 bridgehead atoms. The van der Waals surface area contributed by atoms with Gasteiger partial charge in [0.2, 0.25) is 5.91 Å². The summed E-state index contributed by atoms with van der Waals surface area (Å²) in [5.74, 6) is 0.473. The van der Waals surface area contributed by atoms with Crippen molar-refractivity contribution < 1.29 is 4.79 Å². The molecule has 2 heteroatoms. The van der Waals surface area contributed by atoms with Gasteiger partial charge in [-0.15, -0.1) is 0 Å². The summed E-state index contributed by atoms with van der Waals surface area (Å²) in [6.07, 6.45) is 13.6. The molecule has 16 heavy (non-hydrogen) atoms. The molecule has 0 saturated carbocycles. The summed E-state index contributed by atoms with van der Waals surface area (Å²) in [6.45, 7) is 6.90. The standard InChI is InChI=1S/C14H23NO/c1-4-5-6-7-8-9-10-11-14(16)15-12-13(2)3/h4-5,8-11,13H,6-7,12H2,1-3H3,(H,15,16)/b5-4+,9-8+,11-10+. The number of hydrogen-bond acceptors (Lipinski definition) is 1. The molecule has 0 aromatic heterocycles. The zero-order valence-electron chi connectivity index (χ0n) is 10.6. The van der Waals surface area contributed by atoms with E-state index < -0.39 is 0 Å². The average molecular weight is 221 g/mol. The minimum absolute atomic E-state index is 0.0215. The number of carbonyl (C=O) groups is 1. The molecular weight excluding hydrogens is 198 g/mol. The van der Waals surface area contributed by atoms with E-state index in [1.807, 2.05) is 19.1 Å². The lowest BCUT2D eigenvalue weighted by Crippen LogP contribution is -2.25. The molecule has 0 aliphatic rings. The van der Waals surface area contributed by atoms with E-state index in [1.165, 1.54) is 0 Å². The number of unbranched alkanes of at least 4 members (excludes halogenated alkanes) is 1. The fraction of sp³-hybridized carbons (Fsp3) is 0.500. The molecule has 1 N–H and O–H groups in total. The number of rotatable bonds is 7. The third kappa shape index (κ3) is 10.8. The first-order valence-corrected chi connectivity index (χ1v) is 5.89. The molecule has 0 fully saturated rings. The Morgan fingerprint density at radius 1 is 1.19 bits per heavy atom. The van der Waals surface area contributed by atoms with Crippen molar-refractivity contribution in [3.05, 3.63) is 36.5 Å². The highest BCUT2D eigenvalue weighted by atomic mass is 16.1. The molecule has 2 nitrogen and oxygen atoms in total. The third-order valence-corrected chi connectivity index (χ3v) is 1.92. The van der Waals surface area contributed by atoms with Gasteiger partial charge in [-0.25, -0.2) is 0 Å². The van der Waals surface area contributed by atoms with Crippen LogP contribution in [0.1, 0.15) is 33.6 Å². The summed E-state index contributed by atoms with van der Waals surface area (Å²) in [6, 6.07) is 0. The quantitative estimate of drug-likeness (QED) is 0.304. The summed E-state index contributed by atoms with van der Waals surface area (Å²) < 4.78 is 0. The van der Waals surface area contributed by atoms with E-state index in [4.69, 9.17) is 0 Å². The fourth-order valence-electron chi connectivity index (χ4n) is 1.04. The zero-order valence-corrected chi connectivity index (χ0v) is 10.6. The minimum Gasteiger partial charge on any atom is -0.352 e. The van der Waals surface area contributed by atoms with Crippen molar-refractivity contribution in [1.29, 1.82) is 0 Å². The van der Waals surface area contributed by atoms with Crippen molar-refractivity contribution in [2.45, 2.75) is 33.6 Å². The van der Waals surface area contributed by atoms with E-state index in [2.05, 4.69) is 31.3 Å². The van der Waals surface area contributed by atoms with Crippen molar-refractivity contribution in [3.8, 4) is 0 Å². The van der Waals surface area contributed by atoms with Gasteiger partial charge in [-0.05, 0) is 25.7 Å². The van der Waals surface area contributed by atoms with Crippen LogP contribution in [0.15, 0.2) is 36.5 Å². The van der Waals surface area contributed by atoms with Gasteiger partial charge in [0.15, 0.2) is 0 Å². The molecule has 90 valence electrons. The minimum atomic E-state index is -0.0215. The van der Waals surface area contributed by atoms with Crippen LogP contribution in [0, 0.1) is 5.92 Å². The topological polar surface area (TPSA) is 29.1 Å². The highest BCUT2D eigenvalue weighted by Gasteiger charge is 1.95. The molecule has 0 aliphatic heterocycles. The number of nitrogens with one attached hydrogen (secondary N) is 1. The van der Waals surface area contributed by atoms with Gasteiger partial charge in [-0.3, -0.25) is 4.79 Å². The van der Waals surface area contributed by atoms with Crippen LogP contribution in [0.3, 0.4) is 0 Å². The van der Waals surface area contributed by atoms with E-state index in [0.29, 0.717) is 5.92 Å². The van der Waals surface area contributed by atoms with Crippen molar-refractivity contribution in [3.63, 3.8) is 0 Å². The number of amides is 1. The SMILES string of the molecule is C/C=C/CC/C=C/C=C/C(=O)NCC(C)C. The van der Waals surface area contributed by atoms with Gasteiger partial charge >= 0.3 is 0 Å². The Kier molecular flexibility index (Phi) is 9.38. The predicted octanol–water partition coefficient (Wildman–Crippen LogP) is 3.23. The lowest BCUT2D eigenvalue weighted by molar-refractivity contribution is -0.116. The third-order valence-electron chi connectivity index (χ3n) is 1.92. The largest absolute Gasteiger partial charge is 0.352 e. The first-order valence-electron chi connectivity index (χ1n) is 5.89. The van der Waals surface area contributed by atoms with Crippen molar-refractivity contribution in [1.82, 2.24) is 5.32 Å². The summed E-state index contributed by atoms with van der Waals surface area (Å²) >= 11 is 0. The molecule has 0 saturated heterocycles. The first kappa shape index (κ1) is 14.7. The molecule has 0 rings (SSSR count).